The number of likely N-dealkylation sites (N-methyl/N-ethyl adjacent to an activating group) is 1. The van der Waals surface area contributed by atoms with Crippen molar-refractivity contribution in [3.05, 3.63) is 64.0 Å². The zero-order valence-corrected chi connectivity index (χ0v) is 19.1. The fraction of sp³-hybridized carbons (Fsp3) is 0.458. The van der Waals surface area contributed by atoms with Gasteiger partial charge in [-0.1, -0.05) is 26.0 Å². The third-order valence-electron chi connectivity index (χ3n) is 5.54. The van der Waals surface area contributed by atoms with E-state index in [4.69, 9.17) is 14.5 Å². The number of ether oxygens (including phenoxy) is 2. The van der Waals surface area contributed by atoms with E-state index in [1.54, 1.807) is 12.1 Å². The largest absolute Gasteiger partial charge is 0.491 e. The second-order valence-electron chi connectivity index (χ2n) is 7.50. The van der Waals surface area contributed by atoms with Crippen molar-refractivity contribution in [2.24, 2.45) is 0 Å². The summed E-state index contributed by atoms with van der Waals surface area (Å²) < 4.78 is 13.2. The molecule has 0 saturated carbocycles. The summed E-state index contributed by atoms with van der Waals surface area (Å²) in [6.45, 7) is 11.7. The maximum atomic E-state index is 11.2. The first-order chi connectivity index (χ1) is 15.5. The zero-order chi connectivity index (χ0) is 22.9. The molecule has 0 bridgehead atoms. The van der Waals surface area contributed by atoms with Crippen LogP contribution >= 0.6 is 0 Å². The van der Waals surface area contributed by atoms with Gasteiger partial charge in [-0.15, -0.1) is 0 Å². The highest BCUT2D eigenvalue weighted by atomic mass is 16.6. The Kier molecular flexibility index (Phi) is 8.58. The topological polar surface area (TPSA) is 82.7 Å². The van der Waals surface area contributed by atoms with Gasteiger partial charge < -0.3 is 18.9 Å². The Morgan fingerprint density at radius 1 is 1.06 bits per heavy atom. The monoisotopic (exact) mass is 440 g/mol. The number of hydrogen-bond donors (Lipinski definition) is 0. The molecule has 172 valence electrons. The van der Waals surface area contributed by atoms with Gasteiger partial charge in [-0.3, -0.25) is 10.1 Å². The van der Waals surface area contributed by atoms with Crippen molar-refractivity contribution < 1.29 is 14.4 Å². The molecule has 0 spiro atoms. The fourth-order valence-corrected chi connectivity index (χ4v) is 3.70. The van der Waals surface area contributed by atoms with Crippen LogP contribution < -0.4 is 4.74 Å². The minimum Gasteiger partial charge on any atom is -0.491 e. The lowest BCUT2D eigenvalue weighted by Gasteiger charge is -2.19. The molecule has 2 aromatic carbocycles. The van der Waals surface area contributed by atoms with Gasteiger partial charge in [-0.05, 0) is 43.8 Å². The predicted octanol–water partition coefficient (Wildman–Crippen LogP) is 4.29. The van der Waals surface area contributed by atoms with Gasteiger partial charge in [-0.25, -0.2) is 4.98 Å². The molecule has 0 aliphatic carbocycles. The van der Waals surface area contributed by atoms with Crippen LogP contribution in [-0.2, 0) is 17.7 Å². The molecule has 0 unspecified atom stereocenters. The molecule has 0 amide bonds. The second-order valence-corrected chi connectivity index (χ2v) is 7.50. The van der Waals surface area contributed by atoms with Crippen molar-refractivity contribution in [1.29, 1.82) is 0 Å². The first kappa shape index (κ1) is 23.7. The van der Waals surface area contributed by atoms with E-state index in [-0.39, 0.29) is 10.6 Å². The number of imidazole rings is 1. The Hall–Kier alpha value is -2.97. The summed E-state index contributed by atoms with van der Waals surface area (Å²) in [5.74, 6) is 1.71. The second kappa shape index (κ2) is 11.6. The van der Waals surface area contributed by atoms with Gasteiger partial charge in [0.2, 0.25) is 0 Å². The van der Waals surface area contributed by atoms with Crippen molar-refractivity contribution in [2.75, 3.05) is 39.5 Å². The molecule has 32 heavy (non-hydrogen) atoms. The Morgan fingerprint density at radius 2 is 1.81 bits per heavy atom. The molecular weight excluding hydrogens is 408 g/mol. The number of aromatic nitrogens is 2. The summed E-state index contributed by atoms with van der Waals surface area (Å²) in [5.41, 5.74) is 2.75. The van der Waals surface area contributed by atoms with Gasteiger partial charge in [0.15, 0.2) is 0 Å². The third kappa shape index (κ3) is 6.05. The lowest BCUT2D eigenvalue weighted by atomic mass is 10.1. The number of nitro benzene ring substituents is 1. The Bertz CT molecular complexity index is 1010. The zero-order valence-electron chi connectivity index (χ0n) is 19.1. The molecule has 1 aromatic heterocycles. The van der Waals surface area contributed by atoms with Crippen molar-refractivity contribution in [3.63, 3.8) is 0 Å². The van der Waals surface area contributed by atoms with E-state index in [2.05, 4.69) is 23.3 Å². The predicted molar refractivity (Wildman–Crippen MR) is 125 cm³/mol. The van der Waals surface area contributed by atoms with Gasteiger partial charge in [0.25, 0.3) is 5.69 Å². The van der Waals surface area contributed by atoms with Crippen molar-refractivity contribution >= 4 is 16.7 Å². The minimum atomic E-state index is -0.377. The molecule has 8 heteroatoms. The number of fused-ring (bicyclic) bond motifs is 1. The van der Waals surface area contributed by atoms with Crippen LogP contribution in [0.1, 0.15) is 32.2 Å². The Labute approximate surface area is 188 Å². The number of non-ortho nitro benzene ring substituents is 1. The normalized spacial score (nSPS) is 11.4. The summed E-state index contributed by atoms with van der Waals surface area (Å²) in [7, 11) is 0. The summed E-state index contributed by atoms with van der Waals surface area (Å²) in [6, 6.07) is 12.9. The van der Waals surface area contributed by atoms with Crippen LogP contribution in [0.3, 0.4) is 0 Å². The first-order valence-corrected chi connectivity index (χ1v) is 11.2. The molecule has 0 atom stereocenters. The molecule has 3 aromatic rings. The number of benzene rings is 2. The van der Waals surface area contributed by atoms with E-state index < -0.39 is 0 Å². The lowest BCUT2D eigenvalue weighted by molar-refractivity contribution is -0.384. The molecule has 0 fully saturated rings. The van der Waals surface area contributed by atoms with E-state index in [9.17, 15) is 10.1 Å². The van der Waals surface area contributed by atoms with Crippen LogP contribution in [-0.4, -0.2) is 58.8 Å². The number of rotatable bonds is 13. The average molecular weight is 441 g/mol. The molecule has 1 heterocycles. The van der Waals surface area contributed by atoms with Crippen molar-refractivity contribution in [1.82, 2.24) is 14.5 Å². The quantitative estimate of drug-likeness (QED) is 0.224. The Balaban J connectivity index is 1.82. The molecule has 0 saturated heterocycles. The van der Waals surface area contributed by atoms with E-state index >= 15 is 0 Å². The van der Waals surface area contributed by atoms with Gasteiger partial charge >= 0.3 is 0 Å². The maximum absolute atomic E-state index is 11.2. The van der Waals surface area contributed by atoms with Crippen molar-refractivity contribution in [2.45, 2.75) is 33.7 Å². The molecule has 0 aliphatic heterocycles. The average Bonchev–Trinajstić information content (AvgIpc) is 3.14. The maximum Gasteiger partial charge on any atom is 0.271 e. The van der Waals surface area contributed by atoms with Crippen molar-refractivity contribution in [3.8, 4) is 5.75 Å². The highest BCUT2D eigenvalue weighted by Crippen LogP contribution is 2.24. The van der Waals surface area contributed by atoms with Crippen LogP contribution in [0.4, 0.5) is 5.69 Å². The van der Waals surface area contributed by atoms with E-state index in [0.29, 0.717) is 31.8 Å². The molecule has 3 rings (SSSR count). The summed E-state index contributed by atoms with van der Waals surface area (Å²) in [5, 5.41) is 11.2. The Morgan fingerprint density at radius 3 is 2.47 bits per heavy atom. The third-order valence-corrected chi connectivity index (χ3v) is 5.54. The standard InChI is InChI=1S/C24H32N4O4/c1-4-26(5-2)13-14-27-23-12-9-20(28(29)30)18-22(23)25-24(27)17-19-7-10-21(11-8-19)32-16-15-31-6-3/h7-12,18H,4-6,13-17H2,1-3H3. The molecule has 0 aliphatic rings. The van der Waals surface area contributed by atoms with Crippen LogP contribution in [0.15, 0.2) is 42.5 Å². The first-order valence-electron chi connectivity index (χ1n) is 11.2. The van der Waals surface area contributed by atoms with Crippen LogP contribution in [0.25, 0.3) is 11.0 Å². The molecule has 0 radical (unpaired) electrons. The number of nitrogens with zero attached hydrogens (tertiary/aromatic N) is 4. The highest BCUT2D eigenvalue weighted by molar-refractivity contribution is 5.78. The number of nitro groups is 1. The molecule has 0 N–H and O–H groups in total. The smallest absolute Gasteiger partial charge is 0.271 e. The summed E-state index contributed by atoms with van der Waals surface area (Å²) in [4.78, 5) is 18.0. The highest BCUT2D eigenvalue weighted by Gasteiger charge is 2.16. The number of hydrogen-bond acceptors (Lipinski definition) is 6. The summed E-state index contributed by atoms with van der Waals surface area (Å²) >= 11 is 0. The van der Waals surface area contributed by atoms with Crippen LogP contribution in [0.2, 0.25) is 0 Å². The lowest BCUT2D eigenvalue weighted by Crippen LogP contribution is -2.27. The van der Waals surface area contributed by atoms with Crippen LogP contribution in [0.5, 0.6) is 5.75 Å². The van der Waals surface area contributed by atoms with Gasteiger partial charge in [0.05, 0.1) is 22.6 Å². The van der Waals surface area contributed by atoms with Gasteiger partial charge in [0, 0.05) is 38.2 Å². The van der Waals surface area contributed by atoms with E-state index in [1.807, 2.05) is 37.3 Å². The van der Waals surface area contributed by atoms with Gasteiger partial charge in [-0.2, -0.15) is 0 Å². The molecule has 8 nitrogen and oxygen atoms in total. The SMILES string of the molecule is CCOCCOc1ccc(Cc2nc3cc([N+](=O)[O-])ccc3n2CCN(CC)CC)cc1. The fourth-order valence-electron chi connectivity index (χ4n) is 3.70. The van der Waals surface area contributed by atoms with E-state index in [1.165, 1.54) is 0 Å². The van der Waals surface area contributed by atoms with E-state index in [0.717, 1.165) is 48.8 Å². The van der Waals surface area contributed by atoms with Gasteiger partial charge in [0.1, 0.15) is 18.2 Å². The summed E-state index contributed by atoms with van der Waals surface area (Å²) in [6.07, 6.45) is 0.639. The van der Waals surface area contributed by atoms with Crippen LogP contribution in [0, 0.1) is 10.1 Å². The molecular formula is C24H32N4O4. The minimum absolute atomic E-state index is 0.0611.